The number of ether oxygens (including phenoxy) is 3. The van der Waals surface area contributed by atoms with Crippen molar-refractivity contribution in [3.8, 4) is 11.5 Å². The highest BCUT2D eigenvalue weighted by molar-refractivity contribution is 9.10. The Balaban J connectivity index is 1.63. The van der Waals surface area contributed by atoms with Crippen molar-refractivity contribution in [2.75, 3.05) is 26.1 Å². The summed E-state index contributed by atoms with van der Waals surface area (Å²) in [4.78, 5) is 21.4. The van der Waals surface area contributed by atoms with E-state index in [9.17, 15) is 4.79 Å². The molecular weight excluding hydrogens is 486 g/mol. The van der Waals surface area contributed by atoms with Gasteiger partial charge in [-0.15, -0.1) is 0 Å². The third kappa shape index (κ3) is 5.23. The van der Waals surface area contributed by atoms with Gasteiger partial charge in [-0.25, -0.2) is 14.8 Å². The zero-order valence-electron chi connectivity index (χ0n) is 18.1. The number of rotatable bonds is 8. The summed E-state index contributed by atoms with van der Waals surface area (Å²) < 4.78 is 17.3. The molecule has 1 atom stereocenters. The molecule has 0 saturated carbocycles. The quantitative estimate of drug-likeness (QED) is 0.318. The number of anilines is 1. The predicted octanol–water partition coefficient (Wildman–Crippen LogP) is 5.42. The molecule has 0 bridgehead atoms. The van der Waals surface area contributed by atoms with Crippen LogP contribution in [0.2, 0.25) is 0 Å². The number of fused-ring (bicyclic) bond motifs is 1. The Morgan fingerprint density at radius 1 is 0.970 bits per heavy atom. The third-order valence-corrected chi connectivity index (χ3v) is 5.59. The van der Waals surface area contributed by atoms with Crippen molar-refractivity contribution < 1.29 is 19.0 Å². The average molecular weight is 508 g/mol. The molecule has 4 aromatic rings. The minimum absolute atomic E-state index is 0.105. The van der Waals surface area contributed by atoms with Crippen molar-refractivity contribution in [2.24, 2.45) is 0 Å². The van der Waals surface area contributed by atoms with E-state index in [0.717, 1.165) is 15.4 Å². The number of carbonyl (C=O) groups excluding carboxylic acids is 1. The van der Waals surface area contributed by atoms with Crippen molar-refractivity contribution in [3.63, 3.8) is 0 Å². The highest BCUT2D eigenvalue weighted by atomic mass is 79.9. The smallest absolute Gasteiger partial charge is 0.338 e. The number of halogens is 1. The summed E-state index contributed by atoms with van der Waals surface area (Å²) in [5.41, 5.74) is 2.12. The molecular formula is C25H22BrN3O4. The highest BCUT2D eigenvalue weighted by Crippen LogP contribution is 2.34. The van der Waals surface area contributed by atoms with Gasteiger partial charge in [0.05, 0.1) is 31.3 Å². The Labute approximate surface area is 199 Å². The predicted molar refractivity (Wildman–Crippen MR) is 130 cm³/mol. The minimum atomic E-state index is -0.405. The molecule has 33 heavy (non-hydrogen) atoms. The van der Waals surface area contributed by atoms with Crippen LogP contribution in [0.4, 0.5) is 5.82 Å². The molecule has 7 nitrogen and oxygen atoms in total. The van der Waals surface area contributed by atoms with E-state index in [0.29, 0.717) is 28.4 Å². The Hall–Kier alpha value is -3.65. The minimum Gasteiger partial charge on any atom is -0.493 e. The fraction of sp³-hybridized carbons (Fsp3) is 0.160. The number of esters is 1. The highest BCUT2D eigenvalue weighted by Gasteiger charge is 2.18. The Morgan fingerprint density at radius 3 is 2.45 bits per heavy atom. The monoisotopic (exact) mass is 507 g/mol. The zero-order chi connectivity index (χ0) is 23.2. The fourth-order valence-corrected chi connectivity index (χ4v) is 3.83. The molecule has 0 aliphatic rings. The van der Waals surface area contributed by atoms with E-state index >= 15 is 0 Å². The van der Waals surface area contributed by atoms with Crippen LogP contribution in [0.15, 0.2) is 77.5 Å². The van der Waals surface area contributed by atoms with Gasteiger partial charge in [-0.05, 0) is 29.8 Å². The van der Waals surface area contributed by atoms with Gasteiger partial charge in [0, 0.05) is 15.9 Å². The number of aromatic nitrogens is 2. The zero-order valence-corrected chi connectivity index (χ0v) is 19.7. The summed E-state index contributed by atoms with van der Waals surface area (Å²) in [6.45, 7) is 0.105. The van der Waals surface area contributed by atoms with Crippen LogP contribution < -0.4 is 14.8 Å². The third-order valence-electron chi connectivity index (χ3n) is 5.09. The van der Waals surface area contributed by atoms with Crippen molar-refractivity contribution in [1.29, 1.82) is 0 Å². The van der Waals surface area contributed by atoms with Crippen molar-refractivity contribution in [3.05, 3.63) is 88.7 Å². The van der Waals surface area contributed by atoms with E-state index in [1.807, 2.05) is 42.5 Å². The second kappa shape index (κ2) is 10.3. The van der Waals surface area contributed by atoms with Gasteiger partial charge in [0.2, 0.25) is 0 Å². The normalized spacial score (nSPS) is 11.6. The SMILES string of the molecule is COc1cc2ncnc(N[C@@H](COC(=O)c3cccc(Br)c3)c3ccccc3)c2cc1OC. The maximum atomic E-state index is 12.6. The van der Waals surface area contributed by atoms with Crippen molar-refractivity contribution >= 4 is 38.6 Å². The van der Waals surface area contributed by atoms with Gasteiger partial charge in [0.1, 0.15) is 18.8 Å². The van der Waals surface area contributed by atoms with E-state index in [2.05, 4.69) is 31.2 Å². The van der Waals surface area contributed by atoms with Crippen molar-refractivity contribution in [2.45, 2.75) is 6.04 Å². The van der Waals surface area contributed by atoms with Gasteiger partial charge in [-0.1, -0.05) is 52.3 Å². The Morgan fingerprint density at radius 2 is 1.73 bits per heavy atom. The number of hydrogen-bond acceptors (Lipinski definition) is 7. The first-order valence-corrected chi connectivity index (χ1v) is 11.0. The lowest BCUT2D eigenvalue weighted by Gasteiger charge is -2.21. The molecule has 0 saturated heterocycles. The standard InChI is InChI=1S/C25H22BrN3O4/c1-31-22-12-19-20(13-23(22)32-2)27-15-28-24(19)29-21(16-7-4-3-5-8-16)14-33-25(30)17-9-6-10-18(26)11-17/h3-13,15,21H,14H2,1-2H3,(H,27,28,29)/t21-/m0/s1. The first-order chi connectivity index (χ1) is 16.1. The molecule has 8 heteroatoms. The second-order valence-electron chi connectivity index (χ2n) is 7.16. The number of nitrogens with zero attached hydrogens (tertiary/aromatic N) is 2. The van der Waals surface area contributed by atoms with Crippen LogP contribution in [0.3, 0.4) is 0 Å². The van der Waals surface area contributed by atoms with Crippen LogP contribution >= 0.6 is 15.9 Å². The number of carbonyl (C=O) groups is 1. The molecule has 1 heterocycles. The van der Waals surface area contributed by atoms with Crippen LogP contribution in [0.5, 0.6) is 11.5 Å². The molecule has 0 aliphatic heterocycles. The molecule has 0 aliphatic carbocycles. The van der Waals surface area contributed by atoms with Gasteiger partial charge in [0.15, 0.2) is 11.5 Å². The molecule has 4 rings (SSSR count). The summed E-state index contributed by atoms with van der Waals surface area (Å²) in [5.74, 6) is 1.34. The molecule has 3 aromatic carbocycles. The first-order valence-electron chi connectivity index (χ1n) is 10.2. The Kier molecular flexibility index (Phi) is 7.04. The number of benzene rings is 3. The van der Waals surface area contributed by atoms with Crippen molar-refractivity contribution in [1.82, 2.24) is 9.97 Å². The van der Waals surface area contributed by atoms with Crippen LogP contribution in [-0.4, -0.2) is 36.8 Å². The van der Waals surface area contributed by atoms with Gasteiger partial charge in [0.25, 0.3) is 0 Å². The maximum absolute atomic E-state index is 12.6. The molecule has 0 fully saturated rings. The van der Waals surface area contributed by atoms with Crippen LogP contribution in [0.1, 0.15) is 22.0 Å². The summed E-state index contributed by atoms with van der Waals surface area (Å²) in [6.07, 6.45) is 1.48. The van der Waals surface area contributed by atoms with Crippen LogP contribution in [0.25, 0.3) is 10.9 Å². The van der Waals surface area contributed by atoms with Gasteiger partial charge < -0.3 is 19.5 Å². The molecule has 0 unspecified atom stereocenters. The average Bonchev–Trinajstić information content (AvgIpc) is 2.86. The lowest BCUT2D eigenvalue weighted by atomic mass is 10.1. The number of nitrogens with one attached hydrogen (secondary N) is 1. The Bertz CT molecular complexity index is 1270. The lowest BCUT2D eigenvalue weighted by molar-refractivity contribution is 0.0488. The van der Waals surface area contributed by atoms with E-state index < -0.39 is 5.97 Å². The van der Waals surface area contributed by atoms with Gasteiger partial charge in [-0.2, -0.15) is 0 Å². The topological polar surface area (TPSA) is 82.6 Å². The lowest BCUT2D eigenvalue weighted by Crippen LogP contribution is -2.20. The van der Waals surface area contributed by atoms with Crippen LogP contribution in [0, 0.1) is 0 Å². The molecule has 1 aromatic heterocycles. The molecule has 168 valence electrons. The summed E-state index contributed by atoms with van der Waals surface area (Å²) in [6, 6.07) is 20.1. The van der Waals surface area contributed by atoms with Crippen LogP contribution in [-0.2, 0) is 4.74 Å². The summed E-state index contributed by atoms with van der Waals surface area (Å²) in [5, 5.41) is 4.17. The second-order valence-corrected chi connectivity index (χ2v) is 8.08. The summed E-state index contributed by atoms with van der Waals surface area (Å²) in [7, 11) is 3.16. The van der Waals surface area contributed by atoms with E-state index in [1.54, 1.807) is 38.5 Å². The first kappa shape index (κ1) is 22.5. The summed E-state index contributed by atoms with van der Waals surface area (Å²) >= 11 is 3.38. The maximum Gasteiger partial charge on any atom is 0.338 e. The van der Waals surface area contributed by atoms with Gasteiger partial charge >= 0.3 is 5.97 Å². The van der Waals surface area contributed by atoms with E-state index in [1.165, 1.54) is 6.33 Å². The molecule has 0 spiro atoms. The molecule has 0 radical (unpaired) electrons. The fourth-order valence-electron chi connectivity index (χ4n) is 3.43. The molecule has 0 amide bonds. The van der Waals surface area contributed by atoms with E-state index in [4.69, 9.17) is 14.2 Å². The number of methoxy groups -OCH3 is 2. The van der Waals surface area contributed by atoms with E-state index in [-0.39, 0.29) is 12.6 Å². The number of hydrogen-bond donors (Lipinski definition) is 1. The van der Waals surface area contributed by atoms with Gasteiger partial charge in [-0.3, -0.25) is 0 Å². The molecule has 1 N–H and O–H groups in total. The largest absolute Gasteiger partial charge is 0.493 e.